The Kier molecular flexibility index (Phi) is 4.47. The van der Waals surface area contributed by atoms with Gasteiger partial charge >= 0.3 is 0 Å². The number of carbonyl (C=O) groups excluding carboxylic acids is 1. The molecule has 1 unspecified atom stereocenters. The lowest BCUT2D eigenvalue weighted by molar-refractivity contribution is 0.0691. The van der Waals surface area contributed by atoms with Gasteiger partial charge in [0.2, 0.25) is 0 Å². The van der Waals surface area contributed by atoms with Gasteiger partial charge in [-0.25, -0.2) is 0 Å². The first-order valence-corrected chi connectivity index (χ1v) is 6.82. The molecule has 6 heteroatoms. The van der Waals surface area contributed by atoms with Gasteiger partial charge in [-0.1, -0.05) is 0 Å². The van der Waals surface area contributed by atoms with Gasteiger partial charge < -0.3 is 10.2 Å². The third-order valence-corrected chi connectivity index (χ3v) is 4.13. The average molecular weight is 285 g/mol. The Bertz CT molecular complexity index is 459. The van der Waals surface area contributed by atoms with Crippen LogP contribution in [0.2, 0.25) is 0 Å². The highest BCUT2D eigenvalue weighted by Crippen LogP contribution is 2.24. The maximum atomic E-state index is 12.5. The lowest BCUT2D eigenvalue weighted by Gasteiger charge is -2.32. The normalized spacial score (nSPS) is 21.9. The Balaban J connectivity index is 0.00000133. The summed E-state index contributed by atoms with van der Waals surface area (Å²) in [5.74, 6) is 0.106. The molecule has 1 aliphatic carbocycles. The number of carbonyl (C=O) groups is 1. The molecule has 0 bridgehead atoms. The van der Waals surface area contributed by atoms with Crippen molar-refractivity contribution in [3.05, 3.63) is 17.0 Å². The van der Waals surface area contributed by atoms with E-state index in [9.17, 15) is 4.79 Å². The third kappa shape index (κ3) is 2.62. The van der Waals surface area contributed by atoms with E-state index in [1.807, 2.05) is 11.9 Å². The van der Waals surface area contributed by atoms with Gasteiger partial charge in [-0.15, -0.1) is 12.4 Å². The van der Waals surface area contributed by atoms with E-state index in [0.29, 0.717) is 11.7 Å². The SMILES string of the molecule is CNC1CCCN(C(=O)c2n[nH]c3c2CCC3)C1.Cl. The number of aryl methyl sites for hydroxylation is 1. The number of rotatable bonds is 2. The Morgan fingerprint density at radius 1 is 1.42 bits per heavy atom. The lowest BCUT2D eigenvalue weighted by Crippen LogP contribution is -2.47. The van der Waals surface area contributed by atoms with E-state index in [1.165, 1.54) is 5.69 Å². The number of hydrogen-bond donors (Lipinski definition) is 2. The van der Waals surface area contributed by atoms with Crippen LogP contribution in [-0.2, 0) is 12.8 Å². The monoisotopic (exact) mass is 284 g/mol. The molecule has 5 nitrogen and oxygen atoms in total. The summed E-state index contributed by atoms with van der Waals surface area (Å²) < 4.78 is 0. The summed E-state index contributed by atoms with van der Waals surface area (Å²) in [4.78, 5) is 14.4. The Morgan fingerprint density at radius 3 is 3.05 bits per heavy atom. The summed E-state index contributed by atoms with van der Waals surface area (Å²) in [6.07, 6.45) is 5.40. The standard InChI is InChI=1S/C13H20N4O.ClH/c1-14-9-4-3-7-17(8-9)13(18)12-10-5-2-6-11(10)15-16-12;/h9,14H,2-8H2,1H3,(H,15,16);1H. The highest BCUT2D eigenvalue weighted by molar-refractivity contribution is 5.94. The number of piperidine rings is 1. The van der Waals surface area contributed by atoms with Crippen molar-refractivity contribution >= 4 is 18.3 Å². The first-order chi connectivity index (χ1) is 8.79. The van der Waals surface area contributed by atoms with E-state index < -0.39 is 0 Å². The van der Waals surface area contributed by atoms with Crippen molar-refractivity contribution in [1.82, 2.24) is 20.4 Å². The number of fused-ring (bicyclic) bond motifs is 1. The van der Waals surface area contributed by atoms with Gasteiger partial charge in [0.1, 0.15) is 0 Å². The highest BCUT2D eigenvalue weighted by Gasteiger charge is 2.29. The molecule has 0 aromatic carbocycles. The number of halogens is 1. The molecule has 1 aromatic heterocycles. The van der Waals surface area contributed by atoms with Gasteiger partial charge in [0.05, 0.1) is 0 Å². The van der Waals surface area contributed by atoms with Crippen molar-refractivity contribution in [2.75, 3.05) is 20.1 Å². The van der Waals surface area contributed by atoms with Gasteiger partial charge in [0.15, 0.2) is 5.69 Å². The third-order valence-electron chi connectivity index (χ3n) is 4.13. The molecule has 1 atom stereocenters. The number of likely N-dealkylation sites (tertiary alicyclic amines) is 1. The maximum absolute atomic E-state index is 12.5. The minimum Gasteiger partial charge on any atom is -0.336 e. The number of aromatic amines is 1. The van der Waals surface area contributed by atoms with Crippen LogP contribution in [-0.4, -0.2) is 47.2 Å². The van der Waals surface area contributed by atoms with Gasteiger partial charge in [-0.3, -0.25) is 9.89 Å². The fourth-order valence-corrected chi connectivity index (χ4v) is 3.04. The van der Waals surface area contributed by atoms with Crippen molar-refractivity contribution in [1.29, 1.82) is 0 Å². The number of aromatic nitrogens is 2. The molecule has 2 heterocycles. The lowest BCUT2D eigenvalue weighted by atomic mass is 10.0. The number of nitrogens with one attached hydrogen (secondary N) is 2. The summed E-state index contributed by atoms with van der Waals surface area (Å²) >= 11 is 0. The summed E-state index contributed by atoms with van der Waals surface area (Å²) in [7, 11) is 1.96. The predicted octanol–water partition coefficient (Wildman–Crippen LogP) is 1.14. The quantitative estimate of drug-likeness (QED) is 0.856. The van der Waals surface area contributed by atoms with Crippen molar-refractivity contribution in [3.8, 4) is 0 Å². The molecule has 1 fully saturated rings. The van der Waals surface area contributed by atoms with Crippen molar-refractivity contribution in [3.63, 3.8) is 0 Å². The molecule has 19 heavy (non-hydrogen) atoms. The second-order valence-corrected chi connectivity index (χ2v) is 5.26. The second kappa shape index (κ2) is 5.92. The van der Waals surface area contributed by atoms with E-state index in [2.05, 4.69) is 15.5 Å². The number of H-pyrrole nitrogens is 1. The summed E-state index contributed by atoms with van der Waals surface area (Å²) in [5.41, 5.74) is 2.99. The fraction of sp³-hybridized carbons (Fsp3) is 0.692. The van der Waals surface area contributed by atoms with E-state index in [4.69, 9.17) is 0 Å². The van der Waals surface area contributed by atoms with E-state index in [0.717, 1.165) is 50.8 Å². The molecule has 1 aliphatic heterocycles. The molecule has 2 aliphatic rings. The summed E-state index contributed by atoms with van der Waals surface area (Å²) in [6.45, 7) is 1.66. The minimum atomic E-state index is 0. The van der Waals surface area contributed by atoms with Crippen molar-refractivity contribution in [2.24, 2.45) is 0 Å². The molecular weight excluding hydrogens is 264 g/mol. The molecule has 1 aromatic rings. The topological polar surface area (TPSA) is 61.0 Å². The molecule has 106 valence electrons. The Labute approximate surface area is 119 Å². The zero-order chi connectivity index (χ0) is 12.5. The molecular formula is C13H21ClN4O. The smallest absolute Gasteiger partial charge is 0.274 e. The molecule has 3 rings (SSSR count). The molecule has 0 spiro atoms. The molecule has 1 saturated heterocycles. The van der Waals surface area contributed by atoms with Crippen LogP contribution in [0.25, 0.3) is 0 Å². The average Bonchev–Trinajstić information content (AvgIpc) is 3.00. The largest absolute Gasteiger partial charge is 0.336 e. The van der Waals surface area contributed by atoms with Crippen LogP contribution >= 0.6 is 12.4 Å². The second-order valence-electron chi connectivity index (χ2n) is 5.26. The van der Waals surface area contributed by atoms with Gasteiger partial charge in [-0.05, 0) is 39.2 Å². The molecule has 1 amide bonds. The first kappa shape index (κ1) is 14.3. The van der Waals surface area contributed by atoms with Crippen LogP contribution in [0.15, 0.2) is 0 Å². The molecule has 2 N–H and O–H groups in total. The summed E-state index contributed by atoms with van der Waals surface area (Å²) in [6, 6.07) is 0.426. The van der Waals surface area contributed by atoms with E-state index in [-0.39, 0.29) is 18.3 Å². The zero-order valence-corrected chi connectivity index (χ0v) is 12.1. The van der Waals surface area contributed by atoms with Crippen LogP contribution in [0, 0.1) is 0 Å². The van der Waals surface area contributed by atoms with Crippen molar-refractivity contribution < 1.29 is 4.79 Å². The predicted molar refractivity (Wildman–Crippen MR) is 75.8 cm³/mol. The first-order valence-electron chi connectivity index (χ1n) is 6.82. The zero-order valence-electron chi connectivity index (χ0n) is 11.2. The highest BCUT2D eigenvalue weighted by atomic mass is 35.5. The van der Waals surface area contributed by atoms with Crippen LogP contribution in [0.3, 0.4) is 0 Å². The van der Waals surface area contributed by atoms with Crippen LogP contribution in [0.1, 0.15) is 41.0 Å². The van der Waals surface area contributed by atoms with Gasteiger partial charge in [0, 0.05) is 30.4 Å². The van der Waals surface area contributed by atoms with E-state index in [1.54, 1.807) is 0 Å². The van der Waals surface area contributed by atoms with Crippen LogP contribution < -0.4 is 5.32 Å². The van der Waals surface area contributed by atoms with Gasteiger partial charge in [-0.2, -0.15) is 5.10 Å². The maximum Gasteiger partial charge on any atom is 0.274 e. The van der Waals surface area contributed by atoms with E-state index >= 15 is 0 Å². The Hall–Kier alpha value is -1.07. The van der Waals surface area contributed by atoms with Crippen molar-refractivity contribution in [2.45, 2.75) is 38.1 Å². The van der Waals surface area contributed by atoms with Crippen LogP contribution in [0.4, 0.5) is 0 Å². The fourth-order valence-electron chi connectivity index (χ4n) is 3.04. The minimum absolute atomic E-state index is 0. The summed E-state index contributed by atoms with van der Waals surface area (Å²) in [5, 5.41) is 10.5. The molecule has 0 radical (unpaired) electrons. The van der Waals surface area contributed by atoms with Gasteiger partial charge in [0.25, 0.3) is 5.91 Å². The number of nitrogens with zero attached hydrogens (tertiary/aromatic N) is 2. The molecule has 0 saturated carbocycles. The Morgan fingerprint density at radius 2 is 2.26 bits per heavy atom. The van der Waals surface area contributed by atoms with Crippen LogP contribution in [0.5, 0.6) is 0 Å². The number of likely N-dealkylation sites (N-methyl/N-ethyl adjacent to an activating group) is 1. The number of amides is 1. The number of hydrogen-bond acceptors (Lipinski definition) is 3.